The molecule has 0 radical (unpaired) electrons. The van der Waals surface area contributed by atoms with E-state index >= 15 is 0 Å². The highest BCUT2D eigenvalue weighted by Crippen LogP contribution is 2.44. The maximum absolute atomic E-state index is 14.0. The Morgan fingerprint density at radius 2 is 1.62 bits per heavy atom. The molecule has 2 aromatic carbocycles. The highest BCUT2D eigenvalue weighted by atomic mass is 32.1. The van der Waals surface area contributed by atoms with Gasteiger partial charge < -0.3 is 19.5 Å². The number of carbonyl (C=O) groups is 3. The average Bonchev–Trinajstić information content (AvgIpc) is 3.56. The predicted octanol–water partition coefficient (Wildman–Crippen LogP) is 7.12. The lowest BCUT2D eigenvalue weighted by atomic mass is 9.89. The minimum Gasteiger partial charge on any atom is -0.465 e. The molecule has 0 spiro atoms. The normalized spacial score (nSPS) is 18.0. The van der Waals surface area contributed by atoms with Crippen molar-refractivity contribution in [2.75, 3.05) is 13.7 Å². The summed E-state index contributed by atoms with van der Waals surface area (Å²) in [6.45, 7) is 5.91. The quantitative estimate of drug-likeness (QED) is 0.233. The number of nitrogens with zero attached hydrogens (tertiary/aromatic N) is 1. The Morgan fingerprint density at radius 3 is 2.26 bits per heavy atom. The number of fused-ring (bicyclic) bond motifs is 3. The van der Waals surface area contributed by atoms with Crippen molar-refractivity contribution < 1.29 is 28.6 Å². The fourth-order valence-corrected chi connectivity index (χ4v) is 6.81. The van der Waals surface area contributed by atoms with Gasteiger partial charge in [-0.1, -0.05) is 61.4 Å². The number of rotatable bonds is 7. The number of benzene rings is 2. The van der Waals surface area contributed by atoms with Crippen molar-refractivity contribution in [2.24, 2.45) is 0 Å². The van der Waals surface area contributed by atoms with Crippen molar-refractivity contribution in [3.05, 3.63) is 81.5 Å². The lowest BCUT2D eigenvalue weighted by molar-refractivity contribution is 0.0369. The number of ether oxygens (including phenoxy) is 3. The molecule has 1 saturated carbocycles. The van der Waals surface area contributed by atoms with E-state index in [1.54, 1.807) is 16.3 Å². The van der Waals surface area contributed by atoms with Gasteiger partial charge in [0.1, 0.15) is 12.2 Å². The zero-order valence-electron chi connectivity index (χ0n) is 24.6. The third-order valence-electron chi connectivity index (χ3n) is 7.80. The first-order valence-electron chi connectivity index (χ1n) is 14.4. The maximum atomic E-state index is 14.0. The third kappa shape index (κ3) is 6.62. The van der Waals surface area contributed by atoms with E-state index in [4.69, 9.17) is 14.2 Å². The van der Waals surface area contributed by atoms with Crippen LogP contribution in [0.15, 0.2) is 60.0 Å². The van der Waals surface area contributed by atoms with Crippen LogP contribution in [0.3, 0.4) is 0 Å². The molecule has 42 heavy (non-hydrogen) atoms. The van der Waals surface area contributed by atoms with Gasteiger partial charge in [0.25, 0.3) is 0 Å². The Kier molecular flexibility index (Phi) is 8.87. The molecule has 1 heterocycles. The summed E-state index contributed by atoms with van der Waals surface area (Å²) in [6, 6.07) is 17.6. The Morgan fingerprint density at radius 1 is 0.976 bits per heavy atom. The summed E-state index contributed by atoms with van der Waals surface area (Å²) in [5, 5.41) is 4.75. The van der Waals surface area contributed by atoms with E-state index in [-0.39, 0.29) is 31.2 Å². The molecule has 0 unspecified atom stereocenters. The molecule has 5 rings (SSSR count). The van der Waals surface area contributed by atoms with E-state index in [9.17, 15) is 14.4 Å². The number of thiophene rings is 1. The predicted molar refractivity (Wildman–Crippen MR) is 162 cm³/mol. The van der Waals surface area contributed by atoms with Crippen LogP contribution in [0.4, 0.5) is 9.59 Å². The first-order chi connectivity index (χ1) is 20.1. The fourth-order valence-electron chi connectivity index (χ4n) is 5.96. The molecule has 0 aliphatic heterocycles. The molecular weight excluding hydrogens is 552 g/mol. The Labute approximate surface area is 251 Å². The minimum absolute atomic E-state index is 0.0714. The summed E-state index contributed by atoms with van der Waals surface area (Å²) < 4.78 is 16.5. The molecule has 8 nitrogen and oxygen atoms in total. The third-order valence-corrected chi connectivity index (χ3v) is 8.73. The monoisotopic (exact) mass is 590 g/mol. The molecule has 2 atom stereocenters. The standard InChI is InChI=1S/C33H38N2O6S/c1-33(2,3)41-31(37)34-28-15-9-10-16-29(28)35(18-22-17-21(20-42-22)30(36)39-4)32(38)40-19-27-25-13-7-5-11-23(25)24-12-6-8-14-26(24)27/h5-8,11-14,17,20,27-29H,9-10,15-16,18-19H2,1-4H3,(H,34,37)/t28-,29-/m1/s1. The number of hydrogen-bond acceptors (Lipinski definition) is 7. The summed E-state index contributed by atoms with van der Waals surface area (Å²) in [5.74, 6) is -0.495. The highest BCUT2D eigenvalue weighted by molar-refractivity contribution is 7.10. The number of nitrogens with one attached hydrogen (secondary N) is 1. The van der Waals surface area contributed by atoms with E-state index in [2.05, 4.69) is 29.6 Å². The fraction of sp³-hybridized carbons (Fsp3) is 0.424. The molecular formula is C33H38N2O6S. The first kappa shape index (κ1) is 29.6. The molecule has 0 saturated heterocycles. The van der Waals surface area contributed by atoms with E-state index in [1.165, 1.54) is 18.4 Å². The van der Waals surface area contributed by atoms with Crippen LogP contribution in [0.5, 0.6) is 0 Å². The SMILES string of the molecule is COC(=O)c1csc(CN(C(=O)OCC2c3ccccc3-c3ccccc32)[C@@H]2CCCC[C@H]2NC(=O)OC(C)(C)C)c1. The number of amides is 2. The summed E-state index contributed by atoms with van der Waals surface area (Å²) in [5.41, 5.74) is 4.41. The summed E-state index contributed by atoms with van der Waals surface area (Å²) in [6.07, 6.45) is 2.32. The van der Waals surface area contributed by atoms with Gasteiger partial charge in [0, 0.05) is 16.2 Å². The van der Waals surface area contributed by atoms with Crippen molar-refractivity contribution in [1.29, 1.82) is 0 Å². The van der Waals surface area contributed by atoms with Crippen molar-refractivity contribution in [1.82, 2.24) is 10.2 Å². The lowest BCUT2D eigenvalue weighted by Crippen LogP contribution is -2.55. The van der Waals surface area contributed by atoms with Crippen LogP contribution >= 0.6 is 11.3 Å². The molecule has 2 aliphatic carbocycles. The second-order valence-electron chi connectivity index (χ2n) is 11.8. The molecule has 2 aliphatic rings. The van der Waals surface area contributed by atoms with Crippen LogP contribution in [0, 0.1) is 0 Å². The number of esters is 1. The minimum atomic E-state index is -0.637. The molecule has 222 valence electrons. The van der Waals surface area contributed by atoms with Gasteiger partial charge in [0.15, 0.2) is 0 Å². The molecule has 0 bridgehead atoms. The number of hydrogen-bond donors (Lipinski definition) is 1. The number of alkyl carbamates (subject to hydrolysis) is 1. The Balaban J connectivity index is 1.39. The molecule has 2 amide bonds. The van der Waals surface area contributed by atoms with E-state index in [1.807, 2.05) is 45.0 Å². The Hall–Kier alpha value is -3.85. The molecule has 1 aromatic heterocycles. The molecule has 9 heteroatoms. The molecule has 1 fully saturated rings. The largest absolute Gasteiger partial charge is 0.465 e. The first-order valence-corrected chi connectivity index (χ1v) is 15.3. The molecule has 1 N–H and O–H groups in total. The zero-order chi connectivity index (χ0) is 29.9. The van der Waals surface area contributed by atoms with Gasteiger partial charge in [0.2, 0.25) is 0 Å². The van der Waals surface area contributed by atoms with Gasteiger partial charge >= 0.3 is 18.2 Å². The lowest BCUT2D eigenvalue weighted by Gasteiger charge is -2.39. The average molecular weight is 591 g/mol. The smallest absolute Gasteiger partial charge is 0.410 e. The summed E-state index contributed by atoms with van der Waals surface area (Å²) in [7, 11) is 1.34. The van der Waals surface area contributed by atoms with E-state index < -0.39 is 23.8 Å². The second-order valence-corrected chi connectivity index (χ2v) is 12.8. The molecule has 3 aromatic rings. The van der Waals surface area contributed by atoms with Crippen molar-refractivity contribution in [3.63, 3.8) is 0 Å². The van der Waals surface area contributed by atoms with Crippen molar-refractivity contribution >= 4 is 29.5 Å². The van der Waals surface area contributed by atoms with Gasteiger partial charge in [-0.3, -0.25) is 4.90 Å². The van der Waals surface area contributed by atoms with Crippen molar-refractivity contribution in [2.45, 2.75) is 76.6 Å². The van der Waals surface area contributed by atoms with Crippen LogP contribution in [-0.4, -0.2) is 54.5 Å². The van der Waals surface area contributed by atoms with Crippen LogP contribution in [0.1, 0.15) is 78.7 Å². The summed E-state index contributed by atoms with van der Waals surface area (Å²) in [4.78, 5) is 41.3. The van der Waals surface area contributed by atoms with E-state index in [0.29, 0.717) is 12.0 Å². The van der Waals surface area contributed by atoms with Gasteiger partial charge in [-0.15, -0.1) is 11.3 Å². The Bertz CT molecular complexity index is 1400. The topological polar surface area (TPSA) is 94.2 Å². The van der Waals surface area contributed by atoms with Gasteiger partial charge in [-0.25, -0.2) is 14.4 Å². The van der Waals surface area contributed by atoms with Crippen molar-refractivity contribution in [3.8, 4) is 11.1 Å². The van der Waals surface area contributed by atoms with Gasteiger partial charge in [-0.2, -0.15) is 0 Å². The number of methoxy groups -OCH3 is 1. The van der Waals surface area contributed by atoms with Crippen LogP contribution in [-0.2, 0) is 20.8 Å². The van der Waals surface area contributed by atoms with Gasteiger partial charge in [0.05, 0.1) is 31.3 Å². The van der Waals surface area contributed by atoms with Crippen LogP contribution in [0.25, 0.3) is 11.1 Å². The highest BCUT2D eigenvalue weighted by Gasteiger charge is 2.37. The van der Waals surface area contributed by atoms with E-state index in [0.717, 1.165) is 46.4 Å². The van der Waals surface area contributed by atoms with Crippen LogP contribution in [0.2, 0.25) is 0 Å². The van der Waals surface area contributed by atoms with Crippen LogP contribution < -0.4 is 5.32 Å². The maximum Gasteiger partial charge on any atom is 0.410 e. The zero-order valence-corrected chi connectivity index (χ0v) is 25.4. The van der Waals surface area contributed by atoms with Gasteiger partial charge in [-0.05, 0) is 61.9 Å². The summed E-state index contributed by atoms with van der Waals surface area (Å²) >= 11 is 1.39. The second kappa shape index (κ2) is 12.6. The number of carbonyl (C=O) groups excluding carboxylic acids is 3.